The smallest absolute Gasteiger partial charge is 0.364 e. The van der Waals surface area contributed by atoms with Crippen LogP contribution in [0.25, 0.3) is 11.1 Å². The molecule has 5 nitrogen and oxygen atoms in total. The molecule has 2 heterocycles. The summed E-state index contributed by atoms with van der Waals surface area (Å²) in [6.07, 6.45) is -2.41. The molecule has 0 radical (unpaired) electrons. The van der Waals surface area contributed by atoms with Crippen molar-refractivity contribution in [3.8, 4) is 11.1 Å². The molecule has 0 aromatic carbocycles. The summed E-state index contributed by atoms with van der Waals surface area (Å²) in [7, 11) is 1.36. The van der Waals surface area contributed by atoms with Crippen molar-refractivity contribution in [2.75, 3.05) is 7.05 Å². The third-order valence-electron chi connectivity index (χ3n) is 3.09. The molecular weight excluding hydrogens is 299 g/mol. The van der Waals surface area contributed by atoms with E-state index < -0.39 is 23.2 Å². The fourth-order valence-corrected chi connectivity index (χ4v) is 2.02. The topological polar surface area (TPSA) is 74.8 Å². The van der Waals surface area contributed by atoms with Gasteiger partial charge in [-0.2, -0.15) is 13.2 Å². The van der Waals surface area contributed by atoms with Gasteiger partial charge in [0.25, 0.3) is 5.91 Å². The first-order valence-corrected chi connectivity index (χ1v) is 6.23. The molecule has 0 spiro atoms. The molecule has 2 rings (SSSR count). The minimum atomic E-state index is -4.62. The van der Waals surface area contributed by atoms with Crippen LogP contribution in [0.5, 0.6) is 0 Å². The van der Waals surface area contributed by atoms with Gasteiger partial charge in [0.1, 0.15) is 11.3 Å². The summed E-state index contributed by atoms with van der Waals surface area (Å²) >= 11 is 0. The number of halogens is 3. The van der Waals surface area contributed by atoms with Gasteiger partial charge in [-0.1, -0.05) is 0 Å². The summed E-state index contributed by atoms with van der Waals surface area (Å²) in [5.74, 6) is -0.618. The van der Waals surface area contributed by atoms with E-state index in [1.165, 1.54) is 26.2 Å². The summed E-state index contributed by atoms with van der Waals surface area (Å²) in [6.45, 7) is 1.54. The van der Waals surface area contributed by atoms with Crippen LogP contribution in [0.3, 0.4) is 0 Å². The molecule has 0 fully saturated rings. The van der Waals surface area contributed by atoms with Gasteiger partial charge in [0, 0.05) is 30.7 Å². The monoisotopic (exact) mass is 311 g/mol. The van der Waals surface area contributed by atoms with Crippen molar-refractivity contribution < 1.29 is 18.0 Å². The molecule has 1 amide bonds. The second-order valence-electron chi connectivity index (χ2n) is 4.54. The first-order valence-electron chi connectivity index (χ1n) is 6.23. The molecule has 8 heteroatoms. The van der Waals surface area contributed by atoms with E-state index in [9.17, 15) is 22.8 Å². The van der Waals surface area contributed by atoms with Crippen LogP contribution in [-0.2, 0) is 6.18 Å². The zero-order chi connectivity index (χ0) is 16.5. The quantitative estimate of drug-likeness (QED) is 0.892. The number of rotatable bonds is 2. The molecule has 22 heavy (non-hydrogen) atoms. The fourth-order valence-electron chi connectivity index (χ4n) is 2.02. The van der Waals surface area contributed by atoms with E-state index in [1.807, 2.05) is 0 Å². The number of amides is 1. The normalized spacial score (nSPS) is 11.3. The van der Waals surface area contributed by atoms with E-state index in [2.05, 4.69) is 15.3 Å². The van der Waals surface area contributed by atoms with E-state index in [-0.39, 0.29) is 16.7 Å². The molecule has 0 aliphatic heterocycles. The highest BCUT2D eigenvalue weighted by Gasteiger charge is 2.32. The van der Waals surface area contributed by atoms with Crippen molar-refractivity contribution in [1.29, 1.82) is 0 Å². The lowest BCUT2D eigenvalue weighted by molar-refractivity contribution is -0.141. The Kier molecular flexibility index (Phi) is 4.03. The van der Waals surface area contributed by atoms with Crippen LogP contribution in [0, 0.1) is 6.92 Å². The Morgan fingerprint density at radius 2 is 2.05 bits per heavy atom. The van der Waals surface area contributed by atoms with Crippen molar-refractivity contribution in [1.82, 2.24) is 15.3 Å². The predicted octanol–water partition coefficient (Wildman–Crippen LogP) is 2.12. The van der Waals surface area contributed by atoms with Crippen molar-refractivity contribution >= 4 is 5.91 Å². The number of aromatic amines is 1. The number of nitrogens with zero attached hydrogens (tertiary/aromatic N) is 1. The zero-order valence-electron chi connectivity index (χ0n) is 11.7. The Hall–Kier alpha value is -2.64. The summed E-state index contributed by atoms with van der Waals surface area (Å²) in [5.41, 5.74) is -1.50. The number of alkyl halides is 3. The molecule has 2 N–H and O–H groups in total. The highest BCUT2D eigenvalue weighted by molar-refractivity contribution is 5.94. The van der Waals surface area contributed by atoms with E-state index >= 15 is 0 Å². The Morgan fingerprint density at radius 3 is 2.64 bits per heavy atom. The standard InChI is InChI=1S/C14H12F3N3O2/c1-7-11(12(21)9(6-20-7)13(22)18-2)8-3-4-19-10(5-8)14(15,16)17/h3-6H,1-2H3,(H,18,22)(H,20,21). The molecule has 0 saturated heterocycles. The lowest BCUT2D eigenvalue weighted by Gasteiger charge is -2.10. The van der Waals surface area contributed by atoms with Crippen LogP contribution in [-0.4, -0.2) is 22.9 Å². The van der Waals surface area contributed by atoms with Crippen molar-refractivity contribution in [2.45, 2.75) is 13.1 Å². The van der Waals surface area contributed by atoms with Crippen molar-refractivity contribution in [3.63, 3.8) is 0 Å². The van der Waals surface area contributed by atoms with Gasteiger partial charge in [0.15, 0.2) is 0 Å². The molecule has 0 unspecified atom stereocenters. The maximum atomic E-state index is 12.7. The third-order valence-corrected chi connectivity index (χ3v) is 3.09. The summed E-state index contributed by atoms with van der Waals surface area (Å²) in [5, 5.41) is 2.30. The first-order chi connectivity index (χ1) is 10.3. The lowest BCUT2D eigenvalue weighted by atomic mass is 10.0. The lowest BCUT2D eigenvalue weighted by Crippen LogP contribution is -2.27. The highest BCUT2D eigenvalue weighted by Crippen LogP contribution is 2.30. The number of pyridine rings is 2. The Balaban J connectivity index is 2.68. The Labute approximate surface area is 123 Å². The second kappa shape index (κ2) is 5.63. The van der Waals surface area contributed by atoms with Crippen molar-refractivity contribution in [3.05, 3.63) is 51.7 Å². The van der Waals surface area contributed by atoms with Crippen LogP contribution >= 0.6 is 0 Å². The predicted molar refractivity (Wildman–Crippen MR) is 73.4 cm³/mol. The molecule has 0 saturated carbocycles. The van der Waals surface area contributed by atoms with E-state index in [4.69, 9.17) is 0 Å². The van der Waals surface area contributed by atoms with Gasteiger partial charge in [0.05, 0.1) is 0 Å². The minimum Gasteiger partial charge on any atom is -0.364 e. The number of carbonyl (C=O) groups is 1. The van der Waals surface area contributed by atoms with Crippen molar-refractivity contribution in [2.24, 2.45) is 0 Å². The molecule has 2 aromatic heterocycles. The minimum absolute atomic E-state index is 0.00833. The van der Waals surface area contributed by atoms with Crippen LogP contribution in [0.2, 0.25) is 0 Å². The number of hydrogen-bond donors (Lipinski definition) is 2. The van der Waals surface area contributed by atoms with Gasteiger partial charge in [-0.05, 0) is 24.6 Å². The van der Waals surface area contributed by atoms with Crippen LogP contribution in [0.4, 0.5) is 13.2 Å². The summed E-state index contributed by atoms with van der Waals surface area (Å²) < 4.78 is 38.2. The average Bonchev–Trinajstić information content (AvgIpc) is 2.46. The molecule has 2 aromatic rings. The number of aromatic nitrogens is 2. The largest absolute Gasteiger partial charge is 0.433 e. The maximum absolute atomic E-state index is 12.7. The van der Waals surface area contributed by atoms with Gasteiger partial charge in [-0.3, -0.25) is 14.6 Å². The Morgan fingerprint density at radius 1 is 1.36 bits per heavy atom. The number of hydrogen-bond acceptors (Lipinski definition) is 3. The van der Waals surface area contributed by atoms with Crippen LogP contribution < -0.4 is 10.7 Å². The molecule has 0 atom stereocenters. The second-order valence-corrected chi connectivity index (χ2v) is 4.54. The van der Waals surface area contributed by atoms with Gasteiger partial charge < -0.3 is 10.3 Å². The molecule has 0 bridgehead atoms. The van der Waals surface area contributed by atoms with E-state index in [0.717, 1.165) is 12.3 Å². The molecular formula is C14H12F3N3O2. The molecule has 0 aliphatic rings. The maximum Gasteiger partial charge on any atom is 0.433 e. The number of nitrogens with one attached hydrogen (secondary N) is 2. The van der Waals surface area contributed by atoms with E-state index in [0.29, 0.717) is 5.69 Å². The highest BCUT2D eigenvalue weighted by atomic mass is 19.4. The zero-order valence-corrected chi connectivity index (χ0v) is 11.7. The Bertz CT molecular complexity index is 782. The van der Waals surface area contributed by atoms with Crippen LogP contribution in [0.1, 0.15) is 21.7 Å². The number of aryl methyl sites for hydroxylation is 1. The number of H-pyrrole nitrogens is 1. The van der Waals surface area contributed by atoms with Crippen LogP contribution in [0.15, 0.2) is 29.3 Å². The van der Waals surface area contributed by atoms with Gasteiger partial charge in [0.2, 0.25) is 5.43 Å². The van der Waals surface area contributed by atoms with E-state index in [1.54, 1.807) is 0 Å². The number of carbonyl (C=O) groups excluding carboxylic acids is 1. The fraction of sp³-hybridized carbons (Fsp3) is 0.214. The van der Waals surface area contributed by atoms with Gasteiger partial charge in [-0.25, -0.2) is 0 Å². The summed E-state index contributed by atoms with van der Waals surface area (Å²) in [4.78, 5) is 30.0. The molecule has 0 aliphatic carbocycles. The summed E-state index contributed by atoms with van der Waals surface area (Å²) in [6, 6.07) is 2.08. The van der Waals surface area contributed by atoms with Gasteiger partial charge >= 0.3 is 6.18 Å². The van der Waals surface area contributed by atoms with Gasteiger partial charge in [-0.15, -0.1) is 0 Å². The SMILES string of the molecule is CNC(=O)c1c[nH]c(C)c(-c2ccnc(C(F)(F)F)c2)c1=O. The third kappa shape index (κ3) is 2.85. The first kappa shape index (κ1) is 15.7. The average molecular weight is 311 g/mol. The molecule has 116 valence electrons.